The summed E-state index contributed by atoms with van der Waals surface area (Å²) in [4.78, 5) is 14.5. The molecule has 0 unspecified atom stereocenters. The third-order valence-corrected chi connectivity index (χ3v) is 4.80. The quantitative estimate of drug-likeness (QED) is 0.417. The minimum atomic E-state index is 0.230. The average Bonchev–Trinajstić information content (AvgIpc) is 2.69. The lowest BCUT2D eigenvalue weighted by Gasteiger charge is -2.21. The molecule has 1 aliphatic carbocycles. The number of hydrogen-bond donors (Lipinski definition) is 0. The van der Waals surface area contributed by atoms with Crippen molar-refractivity contribution in [3.05, 3.63) is 67.4 Å². The number of carbonyl (C=O) groups is 1. The summed E-state index contributed by atoms with van der Waals surface area (Å²) in [6.07, 6.45) is 14.0. The molecule has 3 heteroatoms. The zero-order chi connectivity index (χ0) is 18.6. The van der Waals surface area contributed by atoms with Crippen LogP contribution in [0.25, 0.3) is 0 Å². The fourth-order valence-corrected chi connectivity index (χ4v) is 3.27. The Hall–Kier alpha value is -2.29. The van der Waals surface area contributed by atoms with E-state index >= 15 is 0 Å². The Labute approximate surface area is 158 Å². The van der Waals surface area contributed by atoms with Crippen LogP contribution >= 0.6 is 0 Å². The largest absolute Gasteiger partial charge is 0.490 e. The Morgan fingerprint density at radius 2 is 1.85 bits per heavy atom. The number of rotatable bonds is 11. The number of ketones is 1. The first kappa shape index (κ1) is 20.0. The molecule has 1 aromatic carbocycles. The van der Waals surface area contributed by atoms with Gasteiger partial charge in [-0.3, -0.25) is 4.79 Å². The lowest BCUT2D eigenvalue weighted by Crippen LogP contribution is -2.22. The van der Waals surface area contributed by atoms with Crippen molar-refractivity contribution in [3.63, 3.8) is 0 Å². The maximum Gasteiger partial charge on any atom is 0.160 e. The topological polar surface area (TPSA) is 29.5 Å². The summed E-state index contributed by atoms with van der Waals surface area (Å²) in [7, 11) is 0. The summed E-state index contributed by atoms with van der Waals surface area (Å²) in [5, 5.41) is 0. The molecule has 1 saturated carbocycles. The summed E-state index contributed by atoms with van der Waals surface area (Å²) < 4.78 is 5.51. The van der Waals surface area contributed by atoms with Crippen molar-refractivity contribution in [2.24, 2.45) is 5.92 Å². The Morgan fingerprint density at radius 1 is 1.12 bits per heavy atom. The lowest BCUT2D eigenvalue weighted by atomic mass is 9.86. The first-order valence-corrected chi connectivity index (χ1v) is 9.62. The fraction of sp³-hybridized carbons (Fsp3) is 0.435. The second kappa shape index (κ2) is 11.3. The molecule has 1 aromatic rings. The van der Waals surface area contributed by atoms with Gasteiger partial charge in [-0.15, -0.1) is 6.58 Å². The van der Waals surface area contributed by atoms with Crippen LogP contribution < -0.4 is 4.74 Å². The summed E-state index contributed by atoms with van der Waals surface area (Å²) >= 11 is 0. The van der Waals surface area contributed by atoms with Crippen LogP contribution in [0.4, 0.5) is 0 Å². The van der Waals surface area contributed by atoms with Gasteiger partial charge in [0.05, 0.1) is 0 Å². The summed E-state index contributed by atoms with van der Waals surface area (Å²) in [5.74, 6) is 1.37. The van der Waals surface area contributed by atoms with E-state index in [1.54, 1.807) is 12.2 Å². The van der Waals surface area contributed by atoms with Crippen molar-refractivity contribution >= 4 is 5.78 Å². The Kier molecular flexibility index (Phi) is 8.74. The van der Waals surface area contributed by atoms with Crippen molar-refractivity contribution in [1.29, 1.82) is 0 Å². The van der Waals surface area contributed by atoms with Gasteiger partial charge in [0, 0.05) is 25.2 Å². The molecule has 1 aliphatic rings. The van der Waals surface area contributed by atoms with Crippen LogP contribution in [0.3, 0.4) is 0 Å². The van der Waals surface area contributed by atoms with E-state index in [9.17, 15) is 4.79 Å². The van der Waals surface area contributed by atoms with Crippen molar-refractivity contribution in [1.82, 2.24) is 4.90 Å². The number of hydrogen-bond acceptors (Lipinski definition) is 3. The highest BCUT2D eigenvalue weighted by atomic mass is 16.5. The van der Waals surface area contributed by atoms with E-state index < -0.39 is 0 Å². The number of ether oxygens (including phenoxy) is 1. The van der Waals surface area contributed by atoms with Crippen LogP contribution in [0.5, 0.6) is 5.75 Å². The van der Waals surface area contributed by atoms with Crippen molar-refractivity contribution in [3.8, 4) is 5.75 Å². The maximum atomic E-state index is 12.3. The molecule has 0 bridgehead atoms. The van der Waals surface area contributed by atoms with Crippen molar-refractivity contribution < 1.29 is 9.53 Å². The molecule has 0 aromatic heterocycles. The SMILES string of the molecule is C=CCOc1ccc(CCN(/C=C/C(=O)C2CCCCC2)CC=C)cc1. The van der Waals surface area contributed by atoms with E-state index in [4.69, 9.17) is 4.74 Å². The van der Waals surface area contributed by atoms with Gasteiger partial charge in [-0.1, -0.05) is 50.1 Å². The highest BCUT2D eigenvalue weighted by Crippen LogP contribution is 2.24. The van der Waals surface area contributed by atoms with Crippen LogP contribution in [-0.2, 0) is 11.2 Å². The van der Waals surface area contributed by atoms with Gasteiger partial charge in [0.25, 0.3) is 0 Å². The maximum absolute atomic E-state index is 12.3. The summed E-state index contributed by atoms with van der Waals surface area (Å²) in [6.45, 7) is 9.60. The number of allylic oxidation sites excluding steroid dienone is 1. The summed E-state index contributed by atoms with van der Waals surface area (Å²) in [5.41, 5.74) is 1.25. The molecule has 0 amide bonds. The molecule has 0 heterocycles. The van der Waals surface area contributed by atoms with E-state index in [1.165, 1.54) is 24.8 Å². The van der Waals surface area contributed by atoms with E-state index in [0.29, 0.717) is 6.61 Å². The minimum Gasteiger partial charge on any atom is -0.490 e. The van der Waals surface area contributed by atoms with Gasteiger partial charge in [-0.25, -0.2) is 0 Å². The Bertz CT molecular complexity index is 597. The van der Waals surface area contributed by atoms with Crippen LogP contribution in [-0.4, -0.2) is 30.4 Å². The average molecular weight is 354 g/mol. The minimum absolute atomic E-state index is 0.230. The highest BCUT2D eigenvalue weighted by molar-refractivity contribution is 5.91. The van der Waals surface area contributed by atoms with Gasteiger partial charge in [0.2, 0.25) is 0 Å². The molecule has 1 fully saturated rings. The molecule has 0 radical (unpaired) electrons. The molecule has 0 spiro atoms. The van der Waals surface area contributed by atoms with E-state index in [-0.39, 0.29) is 11.7 Å². The van der Waals surface area contributed by atoms with Crippen molar-refractivity contribution in [2.75, 3.05) is 19.7 Å². The van der Waals surface area contributed by atoms with Gasteiger partial charge < -0.3 is 9.64 Å². The molecular weight excluding hydrogens is 322 g/mol. The number of carbonyl (C=O) groups excluding carboxylic acids is 1. The molecule has 0 N–H and O–H groups in total. The molecule has 140 valence electrons. The Morgan fingerprint density at radius 3 is 2.50 bits per heavy atom. The molecule has 0 atom stereocenters. The third kappa shape index (κ3) is 6.91. The van der Waals surface area contributed by atoms with Gasteiger partial charge in [-0.2, -0.15) is 0 Å². The molecular formula is C23H31NO2. The van der Waals surface area contributed by atoms with E-state index in [2.05, 4.69) is 30.2 Å². The van der Waals surface area contributed by atoms with Crippen LogP contribution in [0, 0.1) is 5.92 Å². The zero-order valence-electron chi connectivity index (χ0n) is 15.7. The molecule has 0 saturated heterocycles. The first-order valence-electron chi connectivity index (χ1n) is 9.62. The second-order valence-corrected chi connectivity index (χ2v) is 6.83. The normalized spacial score (nSPS) is 14.9. The van der Waals surface area contributed by atoms with Crippen LogP contribution in [0.1, 0.15) is 37.7 Å². The highest BCUT2D eigenvalue weighted by Gasteiger charge is 2.18. The molecule has 0 aliphatic heterocycles. The van der Waals surface area contributed by atoms with Crippen LogP contribution in [0.2, 0.25) is 0 Å². The van der Waals surface area contributed by atoms with E-state index in [0.717, 1.165) is 38.1 Å². The molecule has 2 rings (SSSR count). The van der Waals surface area contributed by atoms with Gasteiger partial charge in [0.1, 0.15) is 12.4 Å². The molecule has 3 nitrogen and oxygen atoms in total. The van der Waals surface area contributed by atoms with Gasteiger partial charge >= 0.3 is 0 Å². The zero-order valence-corrected chi connectivity index (χ0v) is 15.7. The predicted octanol–water partition coefficient (Wildman–Crippen LogP) is 4.95. The van der Waals surface area contributed by atoms with Crippen molar-refractivity contribution in [2.45, 2.75) is 38.5 Å². The third-order valence-electron chi connectivity index (χ3n) is 4.80. The standard InChI is InChI=1S/C23H31NO2/c1-3-16-24(18-15-23(25)21-8-6-5-7-9-21)17-14-20-10-12-22(13-11-20)26-19-4-2/h3-4,10-13,15,18,21H,1-2,5-9,14,16-17,19H2/b18-15+. The van der Waals surface area contributed by atoms with Gasteiger partial charge in [0.15, 0.2) is 5.78 Å². The van der Waals surface area contributed by atoms with E-state index in [1.807, 2.05) is 24.4 Å². The number of nitrogens with zero attached hydrogens (tertiary/aromatic N) is 1. The first-order chi connectivity index (χ1) is 12.7. The number of benzene rings is 1. The monoisotopic (exact) mass is 353 g/mol. The smallest absolute Gasteiger partial charge is 0.160 e. The second-order valence-electron chi connectivity index (χ2n) is 6.83. The fourth-order valence-electron chi connectivity index (χ4n) is 3.27. The molecule has 26 heavy (non-hydrogen) atoms. The Balaban J connectivity index is 1.84. The lowest BCUT2D eigenvalue weighted by molar-refractivity contribution is -0.119. The summed E-state index contributed by atoms with van der Waals surface area (Å²) in [6, 6.07) is 8.14. The predicted molar refractivity (Wildman–Crippen MR) is 108 cm³/mol. The van der Waals surface area contributed by atoms with Gasteiger partial charge in [-0.05, 0) is 43.0 Å². The van der Waals surface area contributed by atoms with Crippen LogP contribution in [0.15, 0.2) is 61.9 Å².